The van der Waals surface area contributed by atoms with Crippen LogP contribution in [0.15, 0.2) is 60.7 Å². The Morgan fingerprint density at radius 3 is 2.69 bits per heavy atom. The van der Waals surface area contributed by atoms with E-state index in [0.29, 0.717) is 11.9 Å². The van der Waals surface area contributed by atoms with Crippen LogP contribution >= 0.6 is 19.5 Å². The van der Waals surface area contributed by atoms with Crippen LogP contribution in [-0.2, 0) is 6.54 Å². The summed E-state index contributed by atoms with van der Waals surface area (Å²) in [6.45, 7) is 0.558. The van der Waals surface area contributed by atoms with E-state index in [4.69, 9.17) is 24.6 Å². The molecule has 0 saturated heterocycles. The predicted molar refractivity (Wildman–Crippen MR) is 116 cm³/mol. The zero-order valence-electron chi connectivity index (χ0n) is 15.5. The molecule has 4 rings (SSSR count). The normalized spacial score (nSPS) is 12.3. The van der Waals surface area contributed by atoms with E-state index in [-0.39, 0.29) is 5.75 Å². The third-order valence-electron chi connectivity index (χ3n) is 4.38. The molecule has 0 atom stereocenters. The van der Waals surface area contributed by atoms with Gasteiger partial charge in [0.25, 0.3) is 0 Å². The van der Waals surface area contributed by atoms with Crippen LogP contribution in [-0.4, -0.2) is 26.7 Å². The van der Waals surface area contributed by atoms with Crippen molar-refractivity contribution in [2.24, 2.45) is 0 Å². The molecule has 0 fully saturated rings. The number of nitrogens with zero attached hydrogens (tertiary/aromatic N) is 2. The van der Waals surface area contributed by atoms with Crippen molar-refractivity contribution >= 4 is 35.4 Å². The number of hydrogen-bond donors (Lipinski definition) is 4. The summed E-state index contributed by atoms with van der Waals surface area (Å²) in [6.07, 6.45) is 0. The van der Waals surface area contributed by atoms with Crippen molar-refractivity contribution in [3.8, 4) is 16.3 Å². The van der Waals surface area contributed by atoms with E-state index in [0.717, 1.165) is 32.0 Å². The number of benzene rings is 3. The van der Waals surface area contributed by atoms with Crippen molar-refractivity contribution in [3.63, 3.8) is 0 Å². The molecule has 150 valence electrons. The minimum absolute atomic E-state index is 0.206. The Balaban J connectivity index is 1.61. The van der Waals surface area contributed by atoms with Gasteiger partial charge < -0.3 is 5.41 Å². The third-order valence-corrected chi connectivity index (χ3v) is 5.98. The molecule has 1 aliphatic carbocycles. The molecule has 2 aliphatic rings. The first-order chi connectivity index (χ1) is 13.8. The van der Waals surface area contributed by atoms with Crippen molar-refractivity contribution in [1.29, 1.82) is 5.41 Å². The summed E-state index contributed by atoms with van der Waals surface area (Å²) in [7, 11) is -2.66. The summed E-state index contributed by atoms with van der Waals surface area (Å²) in [5, 5.41) is 8.27. The van der Waals surface area contributed by atoms with Gasteiger partial charge in [-0.05, 0) is 12.1 Å². The van der Waals surface area contributed by atoms with Gasteiger partial charge in [-0.1, -0.05) is 0 Å². The van der Waals surface area contributed by atoms with Crippen LogP contribution in [0, 0.1) is 5.41 Å². The molecule has 9 heteroatoms. The summed E-state index contributed by atoms with van der Waals surface area (Å²) >= 11 is 1.60. The molecule has 0 bridgehead atoms. The first-order valence-corrected chi connectivity index (χ1v) is 11.4. The SMILES string of the molecule is CN(Cc1cccc(O[PH](O)(O)O)c1)c1ccc2nc3ccc(=N)cc-3sc2c1. The van der Waals surface area contributed by atoms with Crippen LogP contribution in [0.2, 0.25) is 0 Å². The third kappa shape index (κ3) is 4.70. The van der Waals surface area contributed by atoms with E-state index < -0.39 is 8.17 Å². The van der Waals surface area contributed by atoms with Gasteiger partial charge in [0.1, 0.15) is 0 Å². The van der Waals surface area contributed by atoms with Gasteiger partial charge in [0.05, 0.1) is 5.36 Å². The van der Waals surface area contributed by atoms with Crippen molar-refractivity contribution in [2.75, 3.05) is 11.9 Å². The monoisotopic (exact) mass is 429 g/mol. The summed E-state index contributed by atoms with van der Waals surface area (Å²) in [4.78, 5) is 35.0. The van der Waals surface area contributed by atoms with Crippen LogP contribution in [0.4, 0.5) is 5.69 Å². The van der Waals surface area contributed by atoms with Gasteiger partial charge in [-0.3, -0.25) is 0 Å². The van der Waals surface area contributed by atoms with E-state index >= 15 is 0 Å². The molecule has 0 aromatic heterocycles. The van der Waals surface area contributed by atoms with Gasteiger partial charge in [0.15, 0.2) is 0 Å². The molecule has 0 spiro atoms. The molecule has 7 nitrogen and oxygen atoms in total. The maximum absolute atomic E-state index is 9.12. The second kappa shape index (κ2) is 7.67. The van der Waals surface area contributed by atoms with Crippen molar-refractivity contribution in [1.82, 2.24) is 4.98 Å². The molecule has 29 heavy (non-hydrogen) atoms. The maximum atomic E-state index is 9.12. The second-order valence-electron chi connectivity index (χ2n) is 6.73. The quantitative estimate of drug-likeness (QED) is 0.286. The predicted octanol–water partition coefficient (Wildman–Crippen LogP) is 3.28. The second-order valence-corrected chi connectivity index (χ2v) is 9.16. The first-order valence-electron chi connectivity index (χ1n) is 8.82. The fourth-order valence-electron chi connectivity index (χ4n) is 3.08. The van der Waals surface area contributed by atoms with Gasteiger partial charge >= 0.3 is 149 Å². The fourth-order valence-corrected chi connectivity index (χ4v) is 4.56. The Labute approximate surface area is 171 Å². The van der Waals surface area contributed by atoms with Crippen LogP contribution in [0.25, 0.3) is 20.8 Å². The number of fused-ring (bicyclic) bond motifs is 2. The van der Waals surface area contributed by atoms with Gasteiger partial charge in [0, 0.05) is 0 Å². The van der Waals surface area contributed by atoms with E-state index in [2.05, 4.69) is 16.0 Å². The zero-order valence-corrected chi connectivity index (χ0v) is 17.3. The van der Waals surface area contributed by atoms with E-state index in [1.54, 1.807) is 35.6 Å². The number of hydrogen-bond acceptors (Lipinski definition) is 8. The number of anilines is 1. The minimum atomic E-state index is -4.61. The average Bonchev–Trinajstić information content (AvgIpc) is 2.64. The number of rotatable bonds is 5. The Bertz CT molecular complexity index is 1210. The fraction of sp³-hybridized carbons (Fsp3) is 0.100. The molecule has 2 aromatic carbocycles. The molecule has 2 aromatic rings. The van der Waals surface area contributed by atoms with Crippen LogP contribution < -0.4 is 14.8 Å². The van der Waals surface area contributed by atoms with Crippen molar-refractivity contribution in [2.45, 2.75) is 6.54 Å². The van der Waals surface area contributed by atoms with Gasteiger partial charge in [-0.2, -0.15) is 0 Å². The van der Waals surface area contributed by atoms with Crippen LogP contribution in [0.1, 0.15) is 5.56 Å². The standard InChI is InChI=1S/C20H20N3O4PS/c1-23(12-13-3-2-4-16(9-13)27-28(24,25)26)15-6-8-18-20(11-15)29-19-10-14(21)5-7-17(19)22-18/h2-11,21,24-26,28H,12H2,1H3. The molecular formula is C20H20N3O4PS. The summed E-state index contributed by atoms with van der Waals surface area (Å²) < 4.78 is 5.83. The van der Waals surface area contributed by atoms with Crippen molar-refractivity contribution < 1.29 is 19.2 Å². The van der Waals surface area contributed by atoms with Crippen LogP contribution in [0.5, 0.6) is 5.75 Å². The summed E-state index contributed by atoms with van der Waals surface area (Å²) in [5.41, 5.74) is 3.68. The van der Waals surface area contributed by atoms with Gasteiger partial charge in [0.2, 0.25) is 0 Å². The molecule has 1 heterocycles. The molecule has 0 unspecified atom stereocenters. The molecule has 0 saturated carbocycles. The van der Waals surface area contributed by atoms with E-state index in [1.165, 1.54) is 0 Å². The van der Waals surface area contributed by atoms with Crippen LogP contribution in [0.3, 0.4) is 0 Å². The molecule has 4 N–H and O–H groups in total. The molecule has 1 aliphatic heterocycles. The zero-order chi connectivity index (χ0) is 20.6. The number of nitrogens with one attached hydrogen (secondary N) is 1. The average molecular weight is 429 g/mol. The summed E-state index contributed by atoms with van der Waals surface area (Å²) in [6, 6.07) is 18.3. The molecular weight excluding hydrogens is 409 g/mol. The van der Waals surface area contributed by atoms with Crippen molar-refractivity contribution in [3.05, 3.63) is 71.6 Å². The van der Waals surface area contributed by atoms with Gasteiger partial charge in [-0.25, -0.2) is 0 Å². The van der Waals surface area contributed by atoms with E-state index in [9.17, 15) is 0 Å². The Morgan fingerprint density at radius 2 is 1.90 bits per heavy atom. The van der Waals surface area contributed by atoms with E-state index in [1.807, 2.05) is 37.4 Å². The number of aromatic nitrogens is 1. The Hall–Kier alpha value is -2.61. The Kier molecular flexibility index (Phi) is 5.21. The van der Waals surface area contributed by atoms with Gasteiger partial charge in [-0.15, -0.1) is 0 Å². The molecule has 0 amide bonds. The molecule has 0 radical (unpaired) electrons. The topological polar surface area (TPSA) is 110 Å². The summed E-state index contributed by atoms with van der Waals surface area (Å²) in [5.74, 6) is 0.206. The Morgan fingerprint density at radius 1 is 1.07 bits per heavy atom. The first kappa shape index (κ1) is 19.7.